The number of rotatable bonds is 8. The minimum absolute atomic E-state index is 0.304. The zero-order chi connectivity index (χ0) is 23.8. The highest BCUT2D eigenvalue weighted by Crippen LogP contribution is 2.20. The molecule has 0 aromatic heterocycles. The highest BCUT2D eigenvalue weighted by molar-refractivity contribution is 7.92. The van der Waals surface area contributed by atoms with Crippen LogP contribution in [0.3, 0.4) is 0 Å². The Balaban J connectivity index is 1.67. The van der Waals surface area contributed by atoms with Crippen molar-refractivity contribution in [2.24, 2.45) is 0 Å². The zero-order valence-electron chi connectivity index (χ0n) is 18.0. The largest absolute Gasteiger partial charge is 0.497 e. The Morgan fingerprint density at radius 2 is 1.61 bits per heavy atom. The van der Waals surface area contributed by atoms with Crippen molar-refractivity contribution in [1.82, 2.24) is 0 Å². The standard InChI is InChI=1S/C24H23N3O5S/c1-32-20-7-5-6-19(16-20)25-24(29)21-8-3-4-9-22(21)26-23(28)15-12-17-10-13-18(14-11-17)27-33(2,30)31/h3-16,27H,1-2H3,(H,25,29)(H,26,28)/b15-12-. The molecule has 0 heterocycles. The lowest BCUT2D eigenvalue weighted by Gasteiger charge is -2.11. The lowest BCUT2D eigenvalue weighted by Crippen LogP contribution is -2.17. The second-order valence-electron chi connectivity index (χ2n) is 7.05. The highest BCUT2D eigenvalue weighted by Gasteiger charge is 2.13. The van der Waals surface area contributed by atoms with Gasteiger partial charge in [0.05, 0.1) is 24.6 Å². The average Bonchev–Trinajstić information content (AvgIpc) is 2.78. The maximum Gasteiger partial charge on any atom is 0.257 e. The van der Waals surface area contributed by atoms with Gasteiger partial charge in [0.2, 0.25) is 15.9 Å². The first-order valence-electron chi connectivity index (χ1n) is 9.85. The van der Waals surface area contributed by atoms with Crippen molar-refractivity contribution in [2.45, 2.75) is 0 Å². The number of anilines is 3. The van der Waals surface area contributed by atoms with E-state index >= 15 is 0 Å². The van der Waals surface area contributed by atoms with Gasteiger partial charge in [0, 0.05) is 23.5 Å². The molecule has 3 rings (SSSR count). The van der Waals surface area contributed by atoms with E-state index in [4.69, 9.17) is 4.74 Å². The molecular formula is C24H23N3O5S. The number of sulfonamides is 1. The van der Waals surface area contributed by atoms with E-state index in [-0.39, 0.29) is 5.91 Å². The van der Waals surface area contributed by atoms with Crippen LogP contribution in [-0.4, -0.2) is 33.6 Å². The van der Waals surface area contributed by atoms with E-state index in [1.807, 2.05) is 0 Å². The van der Waals surface area contributed by atoms with Gasteiger partial charge in [0.15, 0.2) is 0 Å². The van der Waals surface area contributed by atoms with Gasteiger partial charge in [-0.2, -0.15) is 0 Å². The first kappa shape index (κ1) is 23.6. The van der Waals surface area contributed by atoms with E-state index in [1.165, 1.54) is 6.08 Å². The molecule has 0 bridgehead atoms. The lowest BCUT2D eigenvalue weighted by molar-refractivity contribution is -0.111. The highest BCUT2D eigenvalue weighted by atomic mass is 32.2. The zero-order valence-corrected chi connectivity index (χ0v) is 18.8. The molecule has 8 nitrogen and oxygen atoms in total. The second-order valence-corrected chi connectivity index (χ2v) is 8.80. The Bertz CT molecular complexity index is 1290. The summed E-state index contributed by atoms with van der Waals surface area (Å²) in [6, 6.07) is 20.2. The molecule has 0 aliphatic rings. The summed E-state index contributed by atoms with van der Waals surface area (Å²) in [5.41, 5.74) is 2.36. The van der Waals surface area contributed by atoms with Gasteiger partial charge < -0.3 is 15.4 Å². The fraction of sp³-hybridized carbons (Fsp3) is 0.0833. The number of carbonyl (C=O) groups is 2. The maximum atomic E-state index is 12.8. The summed E-state index contributed by atoms with van der Waals surface area (Å²) >= 11 is 0. The van der Waals surface area contributed by atoms with Crippen LogP contribution in [0.2, 0.25) is 0 Å². The van der Waals surface area contributed by atoms with Crippen LogP contribution >= 0.6 is 0 Å². The van der Waals surface area contributed by atoms with Crippen LogP contribution in [0.15, 0.2) is 78.9 Å². The summed E-state index contributed by atoms with van der Waals surface area (Å²) < 4.78 is 30.1. The van der Waals surface area contributed by atoms with Gasteiger partial charge in [-0.05, 0) is 48.0 Å². The van der Waals surface area contributed by atoms with Gasteiger partial charge in [-0.3, -0.25) is 14.3 Å². The van der Waals surface area contributed by atoms with Crippen LogP contribution in [0.4, 0.5) is 17.1 Å². The molecular weight excluding hydrogens is 442 g/mol. The van der Waals surface area contributed by atoms with Crippen molar-refractivity contribution in [3.05, 3.63) is 90.0 Å². The van der Waals surface area contributed by atoms with Crippen molar-refractivity contribution >= 4 is 45.0 Å². The Kier molecular flexibility index (Phi) is 7.47. The molecule has 0 saturated heterocycles. The number of para-hydroxylation sites is 1. The normalized spacial score (nSPS) is 11.1. The molecule has 0 radical (unpaired) electrons. The van der Waals surface area contributed by atoms with E-state index in [2.05, 4.69) is 15.4 Å². The van der Waals surface area contributed by atoms with Gasteiger partial charge in [0.25, 0.3) is 5.91 Å². The van der Waals surface area contributed by atoms with Crippen molar-refractivity contribution in [2.75, 3.05) is 28.7 Å². The SMILES string of the molecule is COc1cccc(NC(=O)c2ccccc2NC(=O)/C=C\c2ccc(NS(C)(=O)=O)cc2)c1. The van der Waals surface area contributed by atoms with Crippen LogP contribution in [0, 0.1) is 0 Å². The van der Waals surface area contributed by atoms with Gasteiger partial charge >= 0.3 is 0 Å². The third-order valence-electron chi connectivity index (χ3n) is 4.40. The predicted molar refractivity (Wildman–Crippen MR) is 130 cm³/mol. The quantitative estimate of drug-likeness (QED) is 0.436. The molecule has 0 unspecified atom stereocenters. The Morgan fingerprint density at radius 1 is 0.879 bits per heavy atom. The molecule has 9 heteroatoms. The molecule has 0 atom stereocenters. The molecule has 0 aliphatic heterocycles. The molecule has 3 N–H and O–H groups in total. The average molecular weight is 466 g/mol. The summed E-state index contributed by atoms with van der Waals surface area (Å²) in [4.78, 5) is 25.2. The van der Waals surface area contributed by atoms with Gasteiger partial charge in [-0.1, -0.05) is 30.3 Å². The third-order valence-corrected chi connectivity index (χ3v) is 5.00. The Hall–Kier alpha value is -4.11. The van der Waals surface area contributed by atoms with E-state index < -0.39 is 15.9 Å². The molecule has 170 valence electrons. The van der Waals surface area contributed by atoms with Crippen molar-refractivity contribution in [3.8, 4) is 5.75 Å². The van der Waals surface area contributed by atoms with Crippen molar-refractivity contribution in [3.63, 3.8) is 0 Å². The number of nitrogens with one attached hydrogen (secondary N) is 3. The predicted octanol–water partition coefficient (Wildman–Crippen LogP) is 3.97. The molecule has 2 amide bonds. The number of hydrogen-bond acceptors (Lipinski definition) is 5. The molecule has 33 heavy (non-hydrogen) atoms. The summed E-state index contributed by atoms with van der Waals surface area (Å²) in [5, 5.41) is 5.50. The topological polar surface area (TPSA) is 114 Å². The second kappa shape index (κ2) is 10.5. The van der Waals surface area contributed by atoms with E-state index in [0.717, 1.165) is 6.26 Å². The first-order valence-corrected chi connectivity index (χ1v) is 11.7. The van der Waals surface area contributed by atoms with Crippen LogP contribution in [0.25, 0.3) is 6.08 Å². The summed E-state index contributed by atoms with van der Waals surface area (Å²) in [7, 11) is -1.81. The number of hydrogen-bond donors (Lipinski definition) is 3. The van der Waals surface area contributed by atoms with E-state index in [0.29, 0.717) is 33.9 Å². The lowest BCUT2D eigenvalue weighted by atomic mass is 10.1. The number of carbonyl (C=O) groups excluding carboxylic acids is 2. The number of ether oxygens (including phenoxy) is 1. The Morgan fingerprint density at radius 3 is 2.30 bits per heavy atom. The van der Waals surface area contributed by atoms with Gasteiger partial charge in [-0.15, -0.1) is 0 Å². The number of methoxy groups -OCH3 is 1. The minimum Gasteiger partial charge on any atom is -0.497 e. The van der Waals surface area contributed by atoms with Gasteiger partial charge in [-0.25, -0.2) is 8.42 Å². The van der Waals surface area contributed by atoms with E-state index in [9.17, 15) is 18.0 Å². The summed E-state index contributed by atoms with van der Waals surface area (Å²) in [6.45, 7) is 0. The smallest absolute Gasteiger partial charge is 0.257 e. The maximum absolute atomic E-state index is 12.8. The molecule has 0 fully saturated rings. The van der Waals surface area contributed by atoms with Crippen molar-refractivity contribution in [1.29, 1.82) is 0 Å². The van der Waals surface area contributed by atoms with Crippen LogP contribution in [0.1, 0.15) is 15.9 Å². The monoisotopic (exact) mass is 465 g/mol. The van der Waals surface area contributed by atoms with Crippen molar-refractivity contribution < 1.29 is 22.7 Å². The third kappa shape index (κ3) is 7.22. The summed E-state index contributed by atoms with van der Waals surface area (Å²) in [6.07, 6.45) is 3.98. The minimum atomic E-state index is -3.36. The van der Waals surface area contributed by atoms with Crippen LogP contribution < -0.4 is 20.1 Å². The number of amides is 2. The van der Waals surface area contributed by atoms with Crippen LogP contribution in [0.5, 0.6) is 5.75 Å². The molecule has 0 saturated carbocycles. The number of benzene rings is 3. The molecule has 0 aliphatic carbocycles. The summed E-state index contributed by atoms with van der Waals surface area (Å²) in [5.74, 6) is -0.188. The van der Waals surface area contributed by atoms with Gasteiger partial charge in [0.1, 0.15) is 5.75 Å². The fourth-order valence-electron chi connectivity index (χ4n) is 2.91. The van der Waals surface area contributed by atoms with Crippen LogP contribution in [-0.2, 0) is 14.8 Å². The fourth-order valence-corrected chi connectivity index (χ4v) is 3.48. The molecule has 3 aromatic carbocycles. The Labute approximate surface area is 192 Å². The van der Waals surface area contributed by atoms with E-state index in [1.54, 1.807) is 86.0 Å². The molecule has 0 spiro atoms. The molecule has 3 aromatic rings. The first-order chi connectivity index (χ1) is 15.7.